The molecule has 0 saturated carbocycles. The van der Waals surface area contributed by atoms with Crippen molar-refractivity contribution in [1.29, 1.82) is 0 Å². The van der Waals surface area contributed by atoms with Crippen LogP contribution in [0.5, 0.6) is 0 Å². The van der Waals surface area contributed by atoms with Crippen LogP contribution in [0.4, 0.5) is 0 Å². The molecule has 2 heterocycles. The number of benzene rings is 1. The van der Waals surface area contributed by atoms with E-state index in [0.29, 0.717) is 10.6 Å². The van der Waals surface area contributed by atoms with Crippen molar-refractivity contribution in [3.63, 3.8) is 0 Å². The summed E-state index contributed by atoms with van der Waals surface area (Å²) in [7, 11) is 1.85. The number of halogens is 1. The van der Waals surface area contributed by atoms with Gasteiger partial charge in [0.05, 0.1) is 11.0 Å². The van der Waals surface area contributed by atoms with E-state index in [1.165, 1.54) is 6.07 Å². The predicted octanol–water partition coefficient (Wildman–Crippen LogP) is 3.28. The minimum Gasteiger partial charge on any atom is -0.475 e. The van der Waals surface area contributed by atoms with Gasteiger partial charge < -0.3 is 14.1 Å². The standard InChI is InChI=1S/C12H8ClNO3/c1-14-8-4-6(13)2-3-7(8)11-9(14)5-10(17-11)12(15)16/h2-5H,1H3,(H,15,16). The molecule has 5 heteroatoms. The van der Waals surface area contributed by atoms with Crippen molar-refractivity contribution in [2.24, 2.45) is 7.05 Å². The van der Waals surface area contributed by atoms with Gasteiger partial charge in [-0.05, 0) is 18.2 Å². The molecule has 1 aromatic carbocycles. The van der Waals surface area contributed by atoms with Crippen LogP contribution in [0.2, 0.25) is 5.02 Å². The molecule has 0 aliphatic rings. The first-order valence-electron chi connectivity index (χ1n) is 4.98. The Balaban J connectivity index is 2.46. The molecule has 0 unspecified atom stereocenters. The molecule has 2 aromatic heterocycles. The van der Waals surface area contributed by atoms with E-state index in [0.717, 1.165) is 16.4 Å². The molecule has 0 fully saturated rings. The van der Waals surface area contributed by atoms with Crippen LogP contribution >= 0.6 is 11.6 Å². The summed E-state index contributed by atoms with van der Waals surface area (Å²) in [6.07, 6.45) is 0. The number of aryl methyl sites for hydroxylation is 1. The zero-order chi connectivity index (χ0) is 12.2. The Morgan fingerprint density at radius 1 is 1.35 bits per heavy atom. The van der Waals surface area contributed by atoms with Crippen molar-refractivity contribution in [3.05, 3.63) is 35.0 Å². The third-order valence-corrected chi connectivity index (χ3v) is 3.09. The van der Waals surface area contributed by atoms with Gasteiger partial charge in [-0.1, -0.05) is 11.6 Å². The summed E-state index contributed by atoms with van der Waals surface area (Å²) in [4.78, 5) is 10.8. The highest BCUT2D eigenvalue weighted by molar-refractivity contribution is 6.31. The summed E-state index contributed by atoms with van der Waals surface area (Å²) >= 11 is 5.93. The normalized spacial score (nSPS) is 11.4. The zero-order valence-electron chi connectivity index (χ0n) is 8.90. The molecule has 0 saturated heterocycles. The minimum atomic E-state index is -1.07. The van der Waals surface area contributed by atoms with Gasteiger partial charge >= 0.3 is 5.97 Å². The minimum absolute atomic E-state index is 0.0533. The van der Waals surface area contributed by atoms with Gasteiger partial charge in [-0.25, -0.2) is 4.79 Å². The lowest BCUT2D eigenvalue weighted by atomic mass is 10.2. The van der Waals surface area contributed by atoms with E-state index < -0.39 is 5.97 Å². The van der Waals surface area contributed by atoms with Crippen molar-refractivity contribution < 1.29 is 14.3 Å². The van der Waals surface area contributed by atoms with Crippen LogP contribution < -0.4 is 0 Å². The van der Waals surface area contributed by atoms with Crippen LogP contribution in [0.25, 0.3) is 22.0 Å². The zero-order valence-corrected chi connectivity index (χ0v) is 9.65. The second-order valence-corrected chi connectivity index (χ2v) is 4.29. The van der Waals surface area contributed by atoms with E-state index >= 15 is 0 Å². The van der Waals surface area contributed by atoms with Crippen molar-refractivity contribution in [2.75, 3.05) is 0 Å². The number of nitrogens with zero attached hydrogens (tertiary/aromatic N) is 1. The van der Waals surface area contributed by atoms with Gasteiger partial charge in [-0.2, -0.15) is 0 Å². The highest BCUT2D eigenvalue weighted by Crippen LogP contribution is 2.32. The molecular formula is C12H8ClNO3. The van der Waals surface area contributed by atoms with Crippen molar-refractivity contribution in [3.8, 4) is 0 Å². The number of carboxylic acid groups (broad SMARTS) is 1. The molecule has 17 heavy (non-hydrogen) atoms. The Morgan fingerprint density at radius 2 is 2.12 bits per heavy atom. The number of aromatic nitrogens is 1. The fourth-order valence-electron chi connectivity index (χ4n) is 2.03. The van der Waals surface area contributed by atoms with Gasteiger partial charge in [0, 0.05) is 23.5 Å². The van der Waals surface area contributed by atoms with Crippen molar-refractivity contribution >= 4 is 39.6 Å². The molecule has 0 bridgehead atoms. The molecule has 0 spiro atoms. The number of carbonyl (C=O) groups is 1. The number of carboxylic acids is 1. The van der Waals surface area contributed by atoms with Gasteiger partial charge in [0.1, 0.15) is 0 Å². The molecule has 3 aromatic rings. The summed E-state index contributed by atoms with van der Waals surface area (Å²) in [5.74, 6) is -1.12. The Labute approximate surface area is 101 Å². The average molecular weight is 250 g/mol. The smallest absolute Gasteiger partial charge is 0.371 e. The third-order valence-electron chi connectivity index (χ3n) is 2.85. The SMILES string of the molecule is Cn1c2cc(Cl)ccc2c2oc(C(=O)O)cc21. The van der Waals surface area contributed by atoms with Crippen molar-refractivity contribution in [2.45, 2.75) is 0 Å². The lowest BCUT2D eigenvalue weighted by Crippen LogP contribution is -1.92. The number of fused-ring (bicyclic) bond motifs is 3. The van der Waals surface area contributed by atoms with E-state index in [2.05, 4.69) is 0 Å². The summed E-state index contributed by atoms with van der Waals surface area (Å²) in [5.41, 5.74) is 2.25. The lowest BCUT2D eigenvalue weighted by Gasteiger charge is -1.97. The summed E-state index contributed by atoms with van der Waals surface area (Å²) < 4.78 is 7.21. The molecule has 0 radical (unpaired) electrons. The van der Waals surface area contributed by atoms with E-state index in [1.807, 2.05) is 23.7 Å². The lowest BCUT2D eigenvalue weighted by molar-refractivity contribution is 0.0665. The maximum atomic E-state index is 10.8. The van der Waals surface area contributed by atoms with Gasteiger partial charge in [-0.3, -0.25) is 0 Å². The van der Waals surface area contributed by atoms with Gasteiger partial charge in [0.25, 0.3) is 0 Å². The van der Waals surface area contributed by atoms with E-state index in [9.17, 15) is 4.79 Å². The quantitative estimate of drug-likeness (QED) is 0.720. The monoisotopic (exact) mass is 249 g/mol. The highest BCUT2D eigenvalue weighted by Gasteiger charge is 2.17. The van der Waals surface area contributed by atoms with Crippen LogP contribution in [0.1, 0.15) is 10.6 Å². The molecular weight excluding hydrogens is 242 g/mol. The first-order chi connectivity index (χ1) is 8.08. The molecule has 1 N–H and O–H groups in total. The molecule has 4 nitrogen and oxygen atoms in total. The van der Waals surface area contributed by atoms with E-state index in [1.54, 1.807) is 6.07 Å². The first kappa shape index (κ1) is 10.2. The number of furan rings is 1. The number of hydrogen-bond donors (Lipinski definition) is 1. The summed E-state index contributed by atoms with van der Waals surface area (Å²) in [6, 6.07) is 6.93. The van der Waals surface area contributed by atoms with E-state index in [4.69, 9.17) is 21.1 Å². The fourth-order valence-corrected chi connectivity index (χ4v) is 2.20. The number of aromatic carboxylic acids is 1. The van der Waals surface area contributed by atoms with E-state index in [-0.39, 0.29) is 5.76 Å². The Hall–Kier alpha value is -1.94. The fraction of sp³-hybridized carbons (Fsp3) is 0.0833. The maximum absolute atomic E-state index is 10.8. The van der Waals surface area contributed by atoms with Crippen LogP contribution in [-0.4, -0.2) is 15.6 Å². The molecule has 0 aliphatic heterocycles. The first-order valence-corrected chi connectivity index (χ1v) is 5.36. The Kier molecular flexibility index (Phi) is 1.97. The van der Waals surface area contributed by atoms with Crippen LogP contribution in [0.3, 0.4) is 0 Å². The summed E-state index contributed by atoms with van der Waals surface area (Å²) in [6.45, 7) is 0. The number of rotatable bonds is 1. The summed E-state index contributed by atoms with van der Waals surface area (Å²) in [5, 5.41) is 10.4. The average Bonchev–Trinajstić information content (AvgIpc) is 2.80. The van der Waals surface area contributed by atoms with Crippen LogP contribution in [0, 0.1) is 0 Å². The highest BCUT2D eigenvalue weighted by atomic mass is 35.5. The van der Waals surface area contributed by atoms with Gasteiger partial charge in [0.2, 0.25) is 5.76 Å². The maximum Gasteiger partial charge on any atom is 0.371 e. The number of hydrogen-bond acceptors (Lipinski definition) is 2. The Morgan fingerprint density at radius 3 is 2.82 bits per heavy atom. The second kappa shape index (κ2) is 3.28. The van der Waals surface area contributed by atoms with Crippen LogP contribution in [-0.2, 0) is 7.05 Å². The molecule has 0 atom stereocenters. The predicted molar refractivity (Wildman–Crippen MR) is 64.7 cm³/mol. The van der Waals surface area contributed by atoms with Gasteiger partial charge in [-0.15, -0.1) is 0 Å². The topological polar surface area (TPSA) is 55.4 Å². The van der Waals surface area contributed by atoms with Gasteiger partial charge in [0.15, 0.2) is 5.58 Å². The Bertz CT molecular complexity index is 754. The second-order valence-electron chi connectivity index (χ2n) is 3.85. The largest absolute Gasteiger partial charge is 0.475 e. The van der Waals surface area contributed by atoms with Crippen molar-refractivity contribution in [1.82, 2.24) is 4.57 Å². The third kappa shape index (κ3) is 1.34. The molecule has 3 rings (SSSR count). The molecule has 0 amide bonds. The molecule has 86 valence electrons. The van der Waals surface area contributed by atoms with Crippen LogP contribution in [0.15, 0.2) is 28.7 Å². The molecule has 0 aliphatic carbocycles.